The Hall–Kier alpha value is -2.30. The zero-order valence-corrected chi connectivity index (χ0v) is 11.0. The van der Waals surface area contributed by atoms with Crippen molar-refractivity contribution in [3.63, 3.8) is 0 Å². The summed E-state index contributed by atoms with van der Waals surface area (Å²) in [6.45, 7) is 5.09. The molecule has 5 nitrogen and oxygen atoms in total. The van der Waals surface area contributed by atoms with Crippen LogP contribution in [0, 0.1) is 13.8 Å². The lowest BCUT2D eigenvalue weighted by atomic mass is 10.1. The van der Waals surface area contributed by atoms with Crippen LogP contribution in [0.2, 0.25) is 0 Å². The molecular formula is C14H15NO4. The number of rotatable bonds is 3. The molecule has 5 heteroatoms. The first-order valence-electron chi connectivity index (χ1n) is 5.94. The zero-order valence-electron chi connectivity index (χ0n) is 11.0. The van der Waals surface area contributed by atoms with Crippen molar-refractivity contribution in [3.8, 4) is 0 Å². The van der Waals surface area contributed by atoms with Gasteiger partial charge >= 0.3 is 5.97 Å². The molecule has 0 radical (unpaired) electrons. The summed E-state index contributed by atoms with van der Waals surface area (Å²) < 4.78 is 5.57. The van der Waals surface area contributed by atoms with Crippen LogP contribution in [0.15, 0.2) is 22.6 Å². The van der Waals surface area contributed by atoms with Gasteiger partial charge in [-0.05, 0) is 26.3 Å². The van der Waals surface area contributed by atoms with Gasteiger partial charge in [0, 0.05) is 10.9 Å². The van der Waals surface area contributed by atoms with E-state index >= 15 is 0 Å². The number of aliphatic carboxylic acids is 1. The van der Waals surface area contributed by atoms with Gasteiger partial charge in [-0.3, -0.25) is 9.59 Å². The van der Waals surface area contributed by atoms with Gasteiger partial charge in [-0.25, -0.2) is 0 Å². The fourth-order valence-electron chi connectivity index (χ4n) is 1.92. The van der Waals surface area contributed by atoms with Gasteiger partial charge in [0.15, 0.2) is 5.76 Å². The number of fused-ring (bicyclic) bond motifs is 1. The highest BCUT2D eigenvalue weighted by Gasteiger charge is 2.21. The third-order valence-corrected chi connectivity index (χ3v) is 3.08. The summed E-state index contributed by atoms with van der Waals surface area (Å²) in [6.07, 6.45) is 0. The molecule has 1 aromatic carbocycles. The summed E-state index contributed by atoms with van der Waals surface area (Å²) in [5.74, 6) is -1.43. The molecule has 0 saturated heterocycles. The second-order valence-corrected chi connectivity index (χ2v) is 4.54. The van der Waals surface area contributed by atoms with Gasteiger partial charge in [0.05, 0.1) is 0 Å². The van der Waals surface area contributed by atoms with Crippen molar-refractivity contribution < 1.29 is 19.1 Å². The van der Waals surface area contributed by atoms with Gasteiger partial charge in [0.1, 0.15) is 11.6 Å². The minimum absolute atomic E-state index is 0.164. The van der Waals surface area contributed by atoms with Crippen LogP contribution in [0.1, 0.15) is 28.6 Å². The van der Waals surface area contributed by atoms with E-state index in [0.29, 0.717) is 11.1 Å². The molecule has 1 amide bonds. The number of amides is 1. The van der Waals surface area contributed by atoms with Crippen molar-refractivity contribution in [2.45, 2.75) is 26.8 Å². The van der Waals surface area contributed by atoms with E-state index in [1.165, 1.54) is 6.92 Å². The molecule has 2 aromatic rings. The predicted octanol–water partition coefficient (Wildman–Crippen LogP) is 2.25. The standard InChI is InChI=1S/C14H15NO4/c1-7-5-4-6-10-8(2)12(19-11(7)10)13(16)15-9(3)14(17)18/h4-6,9H,1-3H3,(H,15,16)(H,17,18). The second kappa shape index (κ2) is 4.76. The lowest BCUT2D eigenvalue weighted by Gasteiger charge is -2.07. The third kappa shape index (κ3) is 2.31. The van der Waals surface area contributed by atoms with Crippen LogP contribution in [-0.2, 0) is 4.79 Å². The van der Waals surface area contributed by atoms with Gasteiger partial charge < -0.3 is 14.8 Å². The number of para-hydroxylation sites is 1. The van der Waals surface area contributed by atoms with E-state index in [2.05, 4.69) is 5.32 Å². The fraction of sp³-hybridized carbons (Fsp3) is 0.286. The van der Waals surface area contributed by atoms with E-state index in [0.717, 1.165) is 10.9 Å². The zero-order chi connectivity index (χ0) is 14.2. The van der Waals surface area contributed by atoms with Crippen LogP contribution in [0.3, 0.4) is 0 Å². The van der Waals surface area contributed by atoms with Crippen molar-refractivity contribution in [1.29, 1.82) is 0 Å². The first-order chi connectivity index (χ1) is 8.91. The van der Waals surface area contributed by atoms with Gasteiger partial charge in [-0.15, -0.1) is 0 Å². The molecule has 2 N–H and O–H groups in total. The van der Waals surface area contributed by atoms with E-state index in [1.807, 2.05) is 25.1 Å². The first-order valence-corrected chi connectivity index (χ1v) is 5.94. The van der Waals surface area contributed by atoms with Crippen LogP contribution in [0.4, 0.5) is 0 Å². The molecule has 0 saturated carbocycles. The van der Waals surface area contributed by atoms with E-state index in [9.17, 15) is 9.59 Å². The van der Waals surface area contributed by atoms with Crippen molar-refractivity contribution in [1.82, 2.24) is 5.32 Å². The number of furan rings is 1. The Balaban J connectivity index is 2.41. The van der Waals surface area contributed by atoms with E-state index < -0.39 is 17.9 Å². The van der Waals surface area contributed by atoms with Crippen molar-refractivity contribution in [2.24, 2.45) is 0 Å². The quantitative estimate of drug-likeness (QED) is 0.888. The smallest absolute Gasteiger partial charge is 0.325 e. The van der Waals surface area contributed by atoms with E-state index in [1.54, 1.807) is 6.92 Å². The Labute approximate surface area is 110 Å². The van der Waals surface area contributed by atoms with Crippen molar-refractivity contribution in [2.75, 3.05) is 0 Å². The Morgan fingerprint density at radius 1 is 1.32 bits per heavy atom. The number of benzene rings is 1. The lowest BCUT2D eigenvalue weighted by molar-refractivity contribution is -0.138. The number of carbonyl (C=O) groups is 2. The monoisotopic (exact) mass is 261 g/mol. The van der Waals surface area contributed by atoms with Crippen LogP contribution >= 0.6 is 0 Å². The maximum Gasteiger partial charge on any atom is 0.325 e. The molecule has 0 bridgehead atoms. The minimum atomic E-state index is -1.08. The number of carbonyl (C=O) groups excluding carboxylic acids is 1. The molecule has 1 heterocycles. The Bertz CT molecular complexity index is 657. The molecule has 0 aliphatic carbocycles. The topological polar surface area (TPSA) is 79.5 Å². The minimum Gasteiger partial charge on any atom is -0.480 e. The van der Waals surface area contributed by atoms with E-state index in [-0.39, 0.29) is 5.76 Å². The molecule has 1 atom stereocenters. The van der Waals surface area contributed by atoms with Gasteiger partial charge in [-0.2, -0.15) is 0 Å². The van der Waals surface area contributed by atoms with Gasteiger partial charge in [0.2, 0.25) is 0 Å². The highest BCUT2D eigenvalue weighted by Crippen LogP contribution is 2.27. The van der Waals surface area contributed by atoms with Crippen molar-refractivity contribution >= 4 is 22.8 Å². The van der Waals surface area contributed by atoms with Crippen LogP contribution in [0.25, 0.3) is 11.0 Å². The normalized spacial score (nSPS) is 12.4. The molecule has 0 aliphatic rings. The van der Waals surface area contributed by atoms with E-state index in [4.69, 9.17) is 9.52 Å². The molecule has 0 fully saturated rings. The predicted molar refractivity (Wildman–Crippen MR) is 70.3 cm³/mol. The summed E-state index contributed by atoms with van der Waals surface area (Å²) in [7, 11) is 0. The molecule has 19 heavy (non-hydrogen) atoms. The summed E-state index contributed by atoms with van der Waals surface area (Å²) in [5, 5.41) is 12.0. The number of carboxylic acid groups (broad SMARTS) is 1. The first kappa shape index (κ1) is 13.1. The number of nitrogens with one attached hydrogen (secondary N) is 1. The maximum atomic E-state index is 12.0. The van der Waals surface area contributed by atoms with Gasteiger partial charge in [0.25, 0.3) is 5.91 Å². The average molecular weight is 261 g/mol. The van der Waals surface area contributed by atoms with Gasteiger partial charge in [-0.1, -0.05) is 18.2 Å². The molecule has 0 spiro atoms. The molecule has 2 rings (SSSR count). The average Bonchev–Trinajstić information content (AvgIpc) is 2.68. The number of hydrogen-bond acceptors (Lipinski definition) is 3. The highest BCUT2D eigenvalue weighted by atomic mass is 16.4. The SMILES string of the molecule is Cc1c(C(=O)NC(C)C(=O)O)oc2c(C)cccc12. The number of carboxylic acids is 1. The Morgan fingerprint density at radius 3 is 2.58 bits per heavy atom. The molecule has 1 unspecified atom stereocenters. The molecule has 0 aliphatic heterocycles. The van der Waals surface area contributed by atoms with Crippen LogP contribution in [-0.4, -0.2) is 23.0 Å². The Kier molecular flexibility index (Phi) is 3.29. The van der Waals surface area contributed by atoms with Crippen LogP contribution < -0.4 is 5.32 Å². The molecule has 1 aromatic heterocycles. The number of aryl methyl sites for hydroxylation is 2. The highest BCUT2D eigenvalue weighted by molar-refractivity contribution is 6.00. The maximum absolute atomic E-state index is 12.0. The third-order valence-electron chi connectivity index (χ3n) is 3.08. The second-order valence-electron chi connectivity index (χ2n) is 4.54. The summed E-state index contributed by atoms with van der Waals surface area (Å²) in [6, 6.07) is 4.70. The van der Waals surface area contributed by atoms with Crippen LogP contribution in [0.5, 0.6) is 0 Å². The summed E-state index contributed by atoms with van der Waals surface area (Å²) >= 11 is 0. The molecule has 100 valence electrons. The summed E-state index contributed by atoms with van der Waals surface area (Å²) in [5.41, 5.74) is 2.31. The largest absolute Gasteiger partial charge is 0.480 e. The summed E-state index contributed by atoms with van der Waals surface area (Å²) in [4.78, 5) is 22.7. The Morgan fingerprint density at radius 2 is 2.00 bits per heavy atom. The number of hydrogen-bond donors (Lipinski definition) is 2. The molecular weight excluding hydrogens is 246 g/mol. The lowest BCUT2D eigenvalue weighted by Crippen LogP contribution is -2.38. The fourth-order valence-corrected chi connectivity index (χ4v) is 1.92. The van der Waals surface area contributed by atoms with Crippen molar-refractivity contribution in [3.05, 3.63) is 35.1 Å².